The lowest BCUT2D eigenvalue weighted by Gasteiger charge is -2.38. The number of carbonyl (C=O) groups excluding carboxylic acids is 2. The maximum atomic E-state index is 13.1. The first kappa shape index (κ1) is 18.8. The quantitative estimate of drug-likeness (QED) is 0.728. The Morgan fingerprint density at radius 3 is 2.73 bits per heavy atom. The van der Waals surface area contributed by atoms with E-state index in [0.717, 1.165) is 29.0 Å². The summed E-state index contributed by atoms with van der Waals surface area (Å²) in [6, 6.07) is 9.69. The number of hydrogen-bond acceptors (Lipinski definition) is 4. The van der Waals surface area contributed by atoms with E-state index >= 15 is 0 Å². The van der Waals surface area contributed by atoms with Crippen LogP contribution in [-0.4, -0.2) is 44.3 Å². The average Bonchev–Trinajstić information content (AvgIpc) is 3.26. The zero-order valence-corrected chi connectivity index (χ0v) is 17.3. The number of carbonyl (C=O) groups is 2. The lowest BCUT2D eigenvalue weighted by Crippen LogP contribution is -2.48. The SMILES string of the molecule is CC(C)Cn1cnc2cc(C(=O)N3CCC4(CC3)C(=O)Nc3ccccc34)cnc21. The van der Waals surface area contributed by atoms with E-state index in [1.807, 2.05) is 39.8 Å². The van der Waals surface area contributed by atoms with Crippen molar-refractivity contribution < 1.29 is 9.59 Å². The lowest BCUT2D eigenvalue weighted by atomic mass is 9.73. The van der Waals surface area contributed by atoms with Gasteiger partial charge in [-0.25, -0.2) is 9.97 Å². The number of anilines is 1. The predicted molar refractivity (Wildman–Crippen MR) is 114 cm³/mol. The molecule has 1 aromatic carbocycles. The zero-order valence-electron chi connectivity index (χ0n) is 17.3. The van der Waals surface area contributed by atoms with Gasteiger partial charge in [0.2, 0.25) is 5.91 Å². The molecule has 7 heteroatoms. The van der Waals surface area contributed by atoms with Gasteiger partial charge in [-0.05, 0) is 36.5 Å². The summed E-state index contributed by atoms with van der Waals surface area (Å²) in [5, 5.41) is 3.01. The first-order chi connectivity index (χ1) is 14.5. The molecule has 30 heavy (non-hydrogen) atoms. The number of likely N-dealkylation sites (tertiary alicyclic amines) is 1. The van der Waals surface area contributed by atoms with Crippen LogP contribution in [0.2, 0.25) is 0 Å². The molecule has 0 radical (unpaired) electrons. The summed E-state index contributed by atoms with van der Waals surface area (Å²) in [6.07, 6.45) is 4.68. The molecule has 2 aliphatic heterocycles. The van der Waals surface area contributed by atoms with Crippen molar-refractivity contribution in [1.82, 2.24) is 19.4 Å². The average molecular weight is 403 g/mol. The Labute approximate surface area is 175 Å². The molecule has 7 nitrogen and oxygen atoms in total. The van der Waals surface area contributed by atoms with Crippen molar-refractivity contribution in [2.24, 2.45) is 5.92 Å². The van der Waals surface area contributed by atoms with E-state index in [9.17, 15) is 9.59 Å². The van der Waals surface area contributed by atoms with Gasteiger partial charge in [0.1, 0.15) is 5.52 Å². The number of rotatable bonds is 3. The molecule has 2 aliphatic rings. The molecule has 0 bridgehead atoms. The molecule has 1 spiro atoms. The Hall–Kier alpha value is -3.22. The molecule has 1 saturated heterocycles. The molecule has 0 saturated carbocycles. The smallest absolute Gasteiger partial charge is 0.255 e. The molecule has 1 fully saturated rings. The highest BCUT2D eigenvalue weighted by atomic mass is 16.2. The van der Waals surface area contributed by atoms with Gasteiger partial charge in [0.05, 0.1) is 17.3 Å². The van der Waals surface area contributed by atoms with E-state index in [1.54, 1.807) is 12.5 Å². The van der Waals surface area contributed by atoms with Gasteiger partial charge in [-0.3, -0.25) is 9.59 Å². The molecule has 154 valence electrons. The van der Waals surface area contributed by atoms with Crippen molar-refractivity contribution in [2.45, 2.75) is 38.6 Å². The van der Waals surface area contributed by atoms with Crippen LogP contribution in [0, 0.1) is 5.92 Å². The summed E-state index contributed by atoms with van der Waals surface area (Å²) < 4.78 is 2.02. The van der Waals surface area contributed by atoms with Gasteiger partial charge in [-0.1, -0.05) is 32.0 Å². The molecular weight excluding hydrogens is 378 g/mol. The fraction of sp³-hybridized carbons (Fsp3) is 0.391. The largest absolute Gasteiger partial charge is 0.339 e. The third-order valence-corrected chi connectivity index (χ3v) is 6.29. The normalized spacial score (nSPS) is 17.6. The zero-order chi connectivity index (χ0) is 20.9. The van der Waals surface area contributed by atoms with Gasteiger partial charge in [0.15, 0.2) is 5.65 Å². The van der Waals surface area contributed by atoms with Crippen LogP contribution >= 0.6 is 0 Å². The minimum atomic E-state index is -0.523. The molecule has 1 N–H and O–H groups in total. The second-order valence-electron chi connectivity index (χ2n) is 8.73. The number of fused-ring (bicyclic) bond motifs is 3. The summed E-state index contributed by atoms with van der Waals surface area (Å²) >= 11 is 0. The number of nitrogens with zero attached hydrogens (tertiary/aromatic N) is 4. The summed E-state index contributed by atoms with van der Waals surface area (Å²) in [4.78, 5) is 36.6. The number of pyridine rings is 1. The maximum Gasteiger partial charge on any atom is 0.255 e. The van der Waals surface area contributed by atoms with E-state index in [-0.39, 0.29) is 11.8 Å². The fourth-order valence-electron chi connectivity index (χ4n) is 4.74. The third-order valence-electron chi connectivity index (χ3n) is 6.29. The van der Waals surface area contributed by atoms with Crippen LogP contribution < -0.4 is 5.32 Å². The lowest BCUT2D eigenvalue weighted by molar-refractivity contribution is -0.122. The van der Waals surface area contributed by atoms with Crippen molar-refractivity contribution in [3.05, 3.63) is 54.0 Å². The Kier molecular flexibility index (Phi) is 4.34. The Morgan fingerprint density at radius 1 is 1.20 bits per heavy atom. The van der Waals surface area contributed by atoms with Gasteiger partial charge in [-0.15, -0.1) is 0 Å². The number of hydrogen-bond donors (Lipinski definition) is 1. The summed E-state index contributed by atoms with van der Waals surface area (Å²) in [6.45, 7) is 6.22. The van der Waals surface area contributed by atoms with Crippen molar-refractivity contribution in [3.8, 4) is 0 Å². The molecule has 0 unspecified atom stereocenters. The van der Waals surface area contributed by atoms with Crippen molar-refractivity contribution in [2.75, 3.05) is 18.4 Å². The molecule has 3 aromatic rings. The standard InChI is InChI=1S/C23H25N5O2/c1-15(2)13-28-14-25-19-11-16(12-24-20(19)28)21(29)27-9-7-23(8-10-27)17-5-3-4-6-18(17)26-22(23)30/h3-6,11-12,14-15H,7-10,13H2,1-2H3,(H,26,30). The van der Waals surface area contributed by atoms with E-state index in [1.165, 1.54) is 0 Å². The number of amides is 2. The van der Waals surface area contributed by atoms with Crippen LogP contribution in [0.5, 0.6) is 0 Å². The Balaban J connectivity index is 1.34. The van der Waals surface area contributed by atoms with Crippen LogP contribution in [0.4, 0.5) is 5.69 Å². The van der Waals surface area contributed by atoms with Crippen molar-refractivity contribution in [1.29, 1.82) is 0 Å². The van der Waals surface area contributed by atoms with E-state index in [2.05, 4.69) is 29.1 Å². The number of aromatic nitrogens is 3. The number of para-hydroxylation sites is 1. The molecular formula is C23H25N5O2. The molecule has 2 aromatic heterocycles. The van der Waals surface area contributed by atoms with Gasteiger partial charge >= 0.3 is 0 Å². The van der Waals surface area contributed by atoms with Gasteiger partial charge in [0, 0.05) is 31.5 Å². The van der Waals surface area contributed by atoms with Crippen molar-refractivity contribution >= 4 is 28.7 Å². The second-order valence-corrected chi connectivity index (χ2v) is 8.73. The first-order valence-corrected chi connectivity index (χ1v) is 10.5. The number of benzene rings is 1. The Bertz CT molecular complexity index is 1140. The summed E-state index contributed by atoms with van der Waals surface area (Å²) in [5.41, 5.74) is 3.51. The fourth-order valence-corrected chi connectivity index (χ4v) is 4.74. The van der Waals surface area contributed by atoms with Crippen LogP contribution in [0.1, 0.15) is 42.6 Å². The van der Waals surface area contributed by atoms with E-state index in [4.69, 9.17) is 0 Å². The minimum Gasteiger partial charge on any atom is -0.339 e. The highest BCUT2D eigenvalue weighted by Crippen LogP contribution is 2.44. The molecule has 5 rings (SSSR count). The highest BCUT2D eigenvalue weighted by Gasteiger charge is 2.48. The predicted octanol–water partition coefficient (Wildman–Crippen LogP) is 3.21. The van der Waals surface area contributed by atoms with Gasteiger partial charge < -0.3 is 14.8 Å². The number of imidazole rings is 1. The monoisotopic (exact) mass is 403 g/mol. The van der Waals surface area contributed by atoms with Crippen LogP contribution in [0.3, 0.4) is 0 Å². The summed E-state index contributed by atoms with van der Waals surface area (Å²) in [7, 11) is 0. The van der Waals surface area contributed by atoms with E-state index in [0.29, 0.717) is 37.4 Å². The number of piperidine rings is 1. The first-order valence-electron chi connectivity index (χ1n) is 10.5. The molecule has 0 aliphatic carbocycles. The van der Waals surface area contributed by atoms with Crippen LogP contribution in [0.25, 0.3) is 11.2 Å². The van der Waals surface area contributed by atoms with Crippen LogP contribution in [0.15, 0.2) is 42.9 Å². The molecule has 4 heterocycles. The molecule has 2 amide bonds. The molecule has 0 atom stereocenters. The third kappa shape index (κ3) is 2.88. The van der Waals surface area contributed by atoms with E-state index < -0.39 is 5.41 Å². The van der Waals surface area contributed by atoms with Crippen LogP contribution in [-0.2, 0) is 16.8 Å². The topological polar surface area (TPSA) is 80.1 Å². The van der Waals surface area contributed by atoms with Crippen molar-refractivity contribution in [3.63, 3.8) is 0 Å². The number of nitrogens with one attached hydrogen (secondary N) is 1. The van der Waals surface area contributed by atoms with Gasteiger partial charge in [-0.2, -0.15) is 0 Å². The second kappa shape index (κ2) is 6.93. The minimum absolute atomic E-state index is 0.0505. The van der Waals surface area contributed by atoms with Gasteiger partial charge in [0.25, 0.3) is 5.91 Å². The highest BCUT2D eigenvalue weighted by molar-refractivity contribution is 6.06. The Morgan fingerprint density at radius 2 is 1.97 bits per heavy atom. The summed E-state index contributed by atoms with van der Waals surface area (Å²) in [5.74, 6) is 0.489. The maximum absolute atomic E-state index is 13.1.